The molecule has 1 aliphatic rings. The number of fused-ring (bicyclic) bond motifs is 1. The van der Waals surface area contributed by atoms with Gasteiger partial charge < -0.3 is 30.8 Å². The van der Waals surface area contributed by atoms with Gasteiger partial charge in [0.25, 0.3) is 11.8 Å². The summed E-state index contributed by atoms with van der Waals surface area (Å²) in [6.07, 6.45) is -0.808. The predicted molar refractivity (Wildman–Crippen MR) is 142 cm³/mol. The maximum Gasteiger partial charge on any atom is 0.362 e. The fourth-order valence-corrected chi connectivity index (χ4v) is 5.44. The van der Waals surface area contributed by atoms with Crippen molar-refractivity contribution in [2.45, 2.75) is 38.5 Å². The Hall–Kier alpha value is -4.95. The van der Waals surface area contributed by atoms with E-state index < -0.39 is 69.2 Å². The number of hydrogen-bond donors (Lipinski definition) is 6. The van der Waals surface area contributed by atoms with Crippen molar-refractivity contribution < 1.29 is 52.3 Å². The van der Waals surface area contributed by atoms with E-state index in [1.807, 2.05) is 0 Å². The number of nitrogens with zero attached hydrogens (tertiary/aromatic N) is 5. The number of β-lactam (4-membered cyclic amide) rings is 1. The predicted octanol–water partition coefficient (Wildman–Crippen LogP) is -0.366. The molecule has 20 heteroatoms. The van der Waals surface area contributed by atoms with Crippen LogP contribution in [0.2, 0.25) is 0 Å². The molecule has 0 bridgehead atoms. The van der Waals surface area contributed by atoms with Crippen molar-refractivity contribution in [3.63, 3.8) is 0 Å². The van der Waals surface area contributed by atoms with Gasteiger partial charge in [-0.05, 0) is 13.8 Å². The second kappa shape index (κ2) is 11.5. The topological polar surface area (TPSA) is 271 Å². The minimum absolute atomic E-state index is 0.00704. The number of thiazole rings is 1. The molecule has 1 aromatic carbocycles. The van der Waals surface area contributed by atoms with Crippen molar-refractivity contribution in [2.24, 2.45) is 5.16 Å². The zero-order valence-corrected chi connectivity index (χ0v) is 23.1. The number of rotatable bonds is 11. The van der Waals surface area contributed by atoms with E-state index in [4.69, 9.17) is 4.84 Å². The third-order valence-corrected chi connectivity index (χ3v) is 7.64. The fourth-order valence-electron chi connectivity index (χ4n) is 3.90. The van der Waals surface area contributed by atoms with Crippen molar-refractivity contribution in [3.05, 3.63) is 34.6 Å². The van der Waals surface area contributed by atoms with Crippen LogP contribution in [0.15, 0.2) is 22.7 Å². The number of benzene rings is 1. The van der Waals surface area contributed by atoms with Crippen molar-refractivity contribution >= 4 is 67.7 Å². The number of carboxylic acid groups (broad SMARTS) is 1. The first-order chi connectivity index (χ1) is 19.7. The molecule has 222 valence electrons. The highest BCUT2D eigenvalue weighted by molar-refractivity contribution is 7.84. The number of phenols is 2. The molecular weight excluding hydrogens is 602 g/mol. The molecule has 1 fully saturated rings. The number of carboxylic acids is 1. The van der Waals surface area contributed by atoms with Gasteiger partial charge in [0, 0.05) is 23.9 Å². The van der Waals surface area contributed by atoms with Gasteiger partial charge in [-0.15, -0.1) is 11.3 Å². The van der Waals surface area contributed by atoms with E-state index in [0.717, 1.165) is 23.5 Å². The van der Waals surface area contributed by atoms with Crippen LogP contribution in [0.1, 0.15) is 35.7 Å². The molecule has 2 aromatic heterocycles. The average molecular weight is 624 g/mol. The summed E-state index contributed by atoms with van der Waals surface area (Å²) in [5.41, 5.74) is -1.02. The third kappa shape index (κ3) is 6.04. The Morgan fingerprint density at radius 3 is 2.43 bits per heavy atom. The Labute approximate surface area is 239 Å². The Kier molecular flexibility index (Phi) is 8.22. The van der Waals surface area contributed by atoms with Crippen LogP contribution in [-0.2, 0) is 35.9 Å². The number of aromatic carboxylic acids is 1. The normalized spacial score (nSPS) is 17.8. The van der Waals surface area contributed by atoms with Gasteiger partial charge >= 0.3 is 16.3 Å². The summed E-state index contributed by atoms with van der Waals surface area (Å²) in [5, 5.41) is 38.9. The van der Waals surface area contributed by atoms with Crippen LogP contribution in [-0.4, -0.2) is 95.6 Å². The Morgan fingerprint density at radius 1 is 1.21 bits per heavy atom. The van der Waals surface area contributed by atoms with E-state index in [0.29, 0.717) is 6.41 Å². The van der Waals surface area contributed by atoms with Crippen LogP contribution in [0.25, 0.3) is 11.0 Å². The standard InChI is InChI=1S/C22H21N7O11S2/c1-8(3-12-18(21(35)36)25-11-5-15(32)14(31)4-10(11)24-12)40-28-17(13-6-41-22(26-13)23-7-30)19(33)27-16-9(2)29(20(16)34)42(37,38)39/h4-9,16,31-32H,3H2,1-2H3,(H,27,33)(H,35,36)(H,23,26,30)(H,37,38,39). The van der Waals surface area contributed by atoms with Crippen LogP contribution in [0.5, 0.6) is 11.5 Å². The lowest BCUT2D eigenvalue weighted by molar-refractivity contribution is -0.143. The SMILES string of the molecule is CC(Cc1nc2cc(O)c(O)cc2nc1C(=O)O)ON=C(C(=O)NC1C(=O)N(S(=O)(=O)O)C1C)c1csc(NC=O)n1. The Morgan fingerprint density at radius 2 is 1.86 bits per heavy atom. The molecule has 3 aromatic rings. The molecule has 3 amide bonds. The third-order valence-electron chi connectivity index (χ3n) is 5.86. The lowest BCUT2D eigenvalue weighted by atomic mass is 10.0. The maximum absolute atomic E-state index is 13.1. The van der Waals surface area contributed by atoms with Gasteiger partial charge in [0.2, 0.25) is 6.41 Å². The number of nitrogens with one attached hydrogen (secondary N) is 2. The van der Waals surface area contributed by atoms with Gasteiger partial charge in [-0.25, -0.2) is 24.1 Å². The molecule has 0 spiro atoms. The molecule has 3 heterocycles. The minimum atomic E-state index is -4.84. The number of anilines is 1. The molecule has 1 aliphatic heterocycles. The van der Waals surface area contributed by atoms with Crippen LogP contribution >= 0.6 is 11.3 Å². The van der Waals surface area contributed by atoms with Crippen molar-refractivity contribution in [2.75, 3.05) is 5.32 Å². The number of amides is 3. The molecule has 18 nitrogen and oxygen atoms in total. The minimum Gasteiger partial charge on any atom is -0.504 e. The number of aromatic nitrogens is 3. The number of phenolic OH excluding ortho intramolecular Hbond substituents is 2. The van der Waals surface area contributed by atoms with Gasteiger partial charge in [-0.2, -0.15) is 8.42 Å². The highest BCUT2D eigenvalue weighted by atomic mass is 32.2. The summed E-state index contributed by atoms with van der Waals surface area (Å²) < 4.78 is 32.1. The molecule has 0 radical (unpaired) electrons. The molecule has 0 aliphatic carbocycles. The summed E-state index contributed by atoms with van der Waals surface area (Å²) in [5.74, 6) is -4.56. The average Bonchev–Trinajstić information content (AvgIpc) is 3.35. The van der Waals surface area contributed by atoms with Gasteiger partial charge in [0.1, 0.15) is 17.8 Å². The lowest BCUT2D eigenvalue weighted by Crippen LogP contribution is -2.71. The van der Waals surface area contributed by atoms with E-state index in [-0.39, 0.29) is 38.3 Å². The number of aromatic hydroxyl groups is 2. The summed E-state index contributed by atoms with van der Waals surface area (Å²) in [4.78, 5) is 65.6. The second-order valence-corrected chi connectivity index (χ2v) is 11.0. The number of hydrogen-bond acceptors (Lipinski definition) is 14. The Balaban J connectivity index is 1.59. The summed E-state index contributed by atoms with van der Waals surface area (Å²) >= 11 is 0.929. The quantitative estimate of drug-likeness (QED) is 0.0397. The molecule has 6 N–H and O–H groups in total. The molecule has 1 saturated heterocycles. The van der Waals surface area contributed by atoms with Crippen LogP contribution in [0.3, 0.4) is 0 Å². The fraction of sp³-hybridized carbons (Fsp3) is 0.273. The molecule has 4 rings (SSSR count). The monoisotopic (exact) mass is 623 g/mol. The molecule has 42 heavy (non-hydrogen) atoms. The van der Waals surface area contributed by atoms with Crippen molar-refractivity contribution in [1.82, 2.24) is 24.6 Å². The van der Waals surface area contributed by atoms with Gasteiger partial charge in [-0.1, -0.05) is 5.16 Å². The highest BCUT2D eigenvalue weighted by Gasteiger charge is 2.51. The van der Waals surface area contributed by atoms with E-state index in [1.165, 1.54) is 19.2 Å². The van der Waals surface area contributed by atoms with Crippen molar-refractivity contribution in [1.29, 1.82) is 0 Å². The number of oxime groups is 1. The molecular formula is C22H21N7O11S2. The highest BCUT2D eigenvalue weighted by Crippen LogP contribution is 2.29. The smallest absolute Gasteiger partial charge is 0.362 e. The van der Waals surface area contributed by atoms with E-state index >= 15 is 0 Å². The van der Waals surface area contributed by atoms with E-state index in [2.05, 4.69) is 30.7 Å². The number of carbonyl (C=O) groups is 4. The van der Waals surface area contributed by atoms with Gasteiger partial charge in [0.15, 0.2) is 28.0 Å². The first-order valence-electron chi connectivity index (χ1n) is 11.7. The zero-order chi connectivity index (χ0) is 30.9. The molecule has 0 saturated carbocycles. The molecule has 3 atom stereocenters. The largest absolute Gasteiger partial charge is 0.504 e. The first-order valence-corrected chi connectivity index (χ1v) is 14.0. The maximum atomic E-state index is 13.1. The van der Waals surface area contributed by atoms with E-state index in [1.54, 1.807) is 0 Å². The second-order valence-electron chi connectivity index (χ2n) is 8.82. The summed E-state index contributed by atoms with van der Waals surface area (Å²) in [7, 11) is -4.84. The first kappa shape index (κ1) is 30.0. The van der Waals surface area contributed by atoms with Gasteiger partial charge in [0.05, 0.1) is 22.8 Å². The van der Waals surface area contributed by atoms with Crippen LogP contribution in [0.4, 0.5) is 5.13 Å². The summed E-state index contributed by atoms with van der Waals surface area (Å²) in [6.45, 7) is 2.74. The summed E-state index contributed by atoms with van der Waals surface area (Å²) in [6, 6.07) is -0.316. The van der Waals surface area contributed by atoms with Gasteiger partial charge in [-0.3, -0.25) is 18.9 Å². The van der Waals surface area contributed by atoms with Crippen LogP contribution < -0.4 is 10.6 Å². The Bertz CT molecular complexity index is 1740. The van der Waals surface area contributed by atoms with E-state index in [9.17, 15) is 47.5 Å². The van der Waals surface area contributed by atoms with Crippen molar-refractivity contribution in [3.8, 4) is 11.5 Å². The van der Waals surface area contributed by atoms with Crippen LogP contribution in [0, 0.1) is 0 Å². The zero-order valence-electron chi connectivity index (χ0n) is 21.4. The lowest BCUT2D eigenvalue weighted by Gasteiger charge is -2.42. The molecule has 3 unspecified atom stereocenters. The number of carbonyl (C=O) groups excluding carboxylic acids is 3.